The van der Waals surface area contributed by atoms with E-state index in [1.165, 1.54) is 10.9 Å². The average molecular weight is 185 g/mol. The van der Waals surface area contributed by atoms with Crippen LogP contribution in [0, 0.1) is 0 Å². The summed E-state index contributed by atoms with van der Waals surface area (Å²) in [6.45, 7) is 0. The van der Waals surface area contributed by atoms with E-state index < -0.39 is 0 Å². The minimum absolute atomic E-state index is 0.727. The lowest BCUT2D eigenvalue weighted by atomic mass is 10.0. The summed E-state index contributed by atoms with van der Waals surface area (Å²) in [5.74, 6) is 0.976. The molecule has 0 atom stereocenters. The van der Waals surface area contributed by atoms with Crippen LogP contribution in [-0.2, 0) is 6.42 Å². The van der Waals surface area contributed by atoms with Gasteiger partial charge < -0.3 is 10.2 Å². The van der Waals surface area contributed by atoms with Gasteiger partial charge in [0.1, 0.15) is 5.76 Å². The molecule has 14 heavy (non-hydrogen) atoms. The van der Waals surface area contributed by atoms with Crippen molar-refractivity contribution in [1.29, 1.82) is 0 Å². The monoisotopic (exact) mass is 185 g/mol. The number of hydrogen-bond acceptors (Lipinski definition) is 2. The molecule has 0 radical (unpaired) electrons. The van der Waals surface area contributed by atoms with Gasteiger partial charge in [-0.1, -0.05) is 18.2 Å². The summed E-state index contributed by atoms with van der Waals surface area (Å²) in [4.78, 5) is 0. The molecule has 1 aliphatic rings. The Morgan fingerprint density at radius 1 is 1.29 bits per heavy atom. The van der Waals surface area contributed by atoms with E-state index in [0.717, 1.165) is 29.9 Å². The summed E-state index contributed by atoms with van der Waals surface area (Å²) in [5, 5.41) is 1.17. The third kappa shape index (κ3) is 0.909. The van der Waals surface area contributed by atoms with Crippen LogP contribution in [0.25, 0.3) is 17.0 Å². The van der Waals surface area contributed by atoms with Crippen molar-refractivity contribution >= 4 is 22.7 Å². The van der Waals surface area contributed by atoms with Crippen molar-refractivity contribution in [3.8, 4) is 0 Å². The Morgan fingerprint density at radius 2 is 2.21 bits per heavy atom. The summed E-state index contributed by atoms with van der Waals surface area (Å²) in [5.41, 5.74) is 8.72. The van der Waals surface area contributed by atoms with E-state index >= 15 is 0 Å². The van der Waals surface area contributed by atoms with E-state index in [0.29, 0.717) is 0 Å². The summed E-state index contributed by atoms with van der Waals surface area (Å²) >= 11 is 0. The topological polar surface area (TPSA) is 39.2 Å². The van der Waals surface area contributed by atoms with Gasteiger partial charge in [-0.3, -0.25) is 0 Å². The number of nitrogens with two attached hydrogens (primary N) is 1. The van der Waals surface area contributed by atoms with Gasteiger partial charge in [0.15, 0.2) is 5.58 Å². The predicted molar refractivity (Wildman–Crippen MR) is 58.0 cm³/mol. The van der Waals surface area contributed by atoms with E-state index in [9.17, 15) is 0 Å². The Bertz CT molecular complexity index is 522. The molecular formula is C12H11NO. The van der Waals surface area contributed by atoms with Gasteiger partial charge in [-0.15, -0.1) is 0 Å². The molecule has 70 valence electrons. The molecule has 2 N–H and O–H groups in total. The lowest BCUT2D eigenvalue weighted by Gasteiger charge is -2.01. The van der Waals surface area contributed by atoms with Crippen molar-refractivity contribution < 1.29 is 4.42 Å². The zero-order valence-electron chi connectivity index (χ0n) is 7.79. The van der Waals surface area contributed by atoms with Gasteiger partial charge in [0.05, 0.1) is 5.69 Å². The standard InChI is InChI=1S/C12H11NO/c13-10-6-3-5-9-8-4-1-2-7-11(8)14-12(9)10/h2-3,5-7H,1,4,13H2. The van der Waals surface area contributed by atoms with Crippen molar-refractivity contribution in [3.05, 3.63) is 35.6 Å². The Morgan fingerprint density at radius 3 is 3.14 bits per heavy atom. The molecule has 2 nitrogen and oxygen atoms in total. The number of aryl methyl sites for hydroxylation is 1. The normalized spacial score (nSPS) is 14.6. The van der Waals surface area contributed by atoms with Crippen LogP contribution >= 0.6 is 0 Å². The molecule has 0 bridgehead atoms. The van der Waals surface area contributed by atoms with E-state index in [2.05, 4.69) is 12.1 Å². The molecule has 0 saturated heterocycles. The first-order valence-electron chi connectivity index (χ1n) is 4.82. The van der Waals surface area contributed by atoms with Crippen LogP contribution in [0.2, 0.25) is 0 Å². The zero-order valence-corrected chi connectivity index (χ0v) is 7.79. The summed E-state index contributed by atoms with van der Waals surface area (Å²) in [6.07, 6.45) is 6.33. The number of fused-ring (bicyclic) bond motifs is 3. The highest BCUT2D eigenvalue weighted by Gasteiger charge is 2.15. The highest BCUT2D eigenvalue weighted by molar-refractivity contribution is 5.93. The van der Waals surface area contributed by atoms with E-state index in [1.807, 2.05) is 18.2 Å². The van der Waals surface area contributed by atoms with Crippen LogP contribution in [0.1, 0.15) is 17.7 Å². The smallest absolute Gasteiger partial charge is 0.157 e. The number of nitrogen functional groups attached to an aromatic ring is 1. The molecule has 1 aromatic heterocycles. The fourth-order valence-electron chi connectivity index (χ4n) is 2.02. The molecule has 1 heterocycles. The van der Waals surface area contributed by atoms with Crippen molar-refractivity contribution in [3.63, 3.8) is 0 Å². The number of furan rings is 1. The quantitative estimate of drug-likeness (QED) is 0.641. The maximum atomic E-state index is 5.85. The van der Waals surface area contributed by atoms with E-state index in [1.54, 1.807) is 0 Å². The molecule has 2 aromatic rings. The molecule has 0 spiro atoms. The van der Waals surface area contributed by atoms with Crippen LogP contribution in [0.3, 0.4) is 0 Å². The first-order chi connectivity index (χ1) is 6.86. The maximum absolute atomic E-state index is 5.85. The molecule has 0 amide bonds. The molecule has 0 fully saturated rings. The fourth-order valence-corrected chi connectivity index (χ4v) is 2.02. The summed E-state index contributed by atoms with van der Waals surface area (Å²) in [6, 6.07) is 5.93. The Hall–Kier alpha value is -1.70. The third-order valence-electron chi connectivity index (χ3n) is 2.71. The van der Waals surface area contributed by atoms with Gasteiger partial charge in [0.2, 0.25) is 0 Å². The highest BCUT2D eigenvalue weighted by Crippen LogP contribution is 2.33. The number of benzene rings is 1. The second-order valence-corrected chi connectivity index (χ2v) is 3.61. The Kier molecular flexibility index (Phi) is 1.45. The number of anilines is 1. The van der Waals surface area contributed by atoms with Crippen molar-refractivity contribution in [1.82, 2.24) is 0 Å². The maximum Gasteiger partial charge on any atom is 0.157 e. The van der Waals surface area contributed by atoms with Crippen molar-refractivity contribution in [2.45, 2.75) is 12.8 Å². The van der Waals surface area contributed by atoms with Crippen LogP contribution in [0.5, 0.6) is 0 Å². The van der Waals surface area contributed by atoms with Crippen LogP contribution < -0.4 is 5.73 Å². The minimum Gasteiger partial charge on any atom is -0.454 e. The molecule has 2 heteroatoms. The van der Waals surface area contributed by atoms with Crippen molar-refractivity contribution in [2.24, 2.45) is 0 Å². The number of rotatable bonds is 0. The van der Waals surface area contributed by atoms with E-state index in [4.69, 9.17) is 10.2 Å². The lowest BCUT2D eigenvalue weighted by molar-refractivity contribution is 0.596. The molecule has 3 rings (SSSR count). The Labute approximate surface area is 82.0 Å². The van der Waals surface area contributed by atoms with Crippen LogP contribution in [-0.4, -0.2) is 0 Å². The summed E-state index contributed by atoms with van der Waals surface area (Å²) < 4.78 is 5.71. The van der Waals surface area contributed by atoms with Gasteiger partial charge in [-0.25, -0.2) is 0 Å². The van der Waals surface area contributed by atoms with Gasteiger partial charge in [0, 0.05) is 10.9 Å². The highest BCUT2D eigenvalue weighted by atomic mass is 16.3. The number of allylic oxidation sites excluding steroid dienone is 1. The number of para-hydroxylation sites is 1. The second-order valence-electron chi connectivity index (χ2n) is 3.61. The van der Waals surface area contributed by atoms with Gasteiger partial charge >= 0.3 is 0 Å². The molecule has 0 saturated carbocycles. The zero-order chi connectivity index (χ0) is 9.54. The summed E-state index contributed by atoms with van der Waals surface area (Å²) in [7, 11) is 0. The first-order valence-corrected chi connectivity index (χ1v) is 4.82. The molecule has 0 aliphatic heterocycles. The van der Waals surface area contributed by atoms with Crippen LogP contribution in [0.4, 0.5) is 5.69 Å². The minimum atomic E-state index is 0.727. The molecule has 1 aromatic carbocycles. The molecular weight excluding hydrogens is 174 g/mol. The second kappa shape index (κ2) is 2.64. The average Bonchev–Trinajstić information content (AvgIpc) is 2.59. The third-order valence-corrected chi connectivity index (χ3v) is 2.71. The lowest BCUT2D eigenvalue weighted by Crippen LogP contribution is -1.89. The van der Waals surface area contributed by atoms with Gasteiger partial charge in [-0.2, -0.15) is 0 Å². The predicted octanol–water partition coefficient (Wildman–Crippen LogP) is 2.97. The van der Waals surface area contributed by atoms with Crippen LogP contribution in [0.15, 0.2) is 28.7 Å². The van der Waals surface area contributed by atoms with Crippen molar-refractivity contribution in [2.75, 3.05) is 5.73 Å². The Balaban J connectivity index is 2.43. The van der Waals surface area contributed by atoms with Gasteiger partial charge in [-0.05, 0) is 25.0 Å². The van der Waals surface area contributed by atoms with E-state index in [-0.39, 0.29) is 0 Å². The first kappa shape index (κ1) is 7.68. The molecule has 0 unspecified atom stereocenters. The fraction of sp³-hybridized carbons (Fsp3) is 0.167. The SMILES string of the molecule is Nc1cccc2c3c(oc12)C=CCC3. The largest absolute Gasteiger partial charge is 0.454 e. The number of hydrogen-bond donors (Lipinski definition) is 1. The van der Waals surface area contributed by atoms with Gasteiger partial charge in [0.25, 0.3) is 0 Å². The molecule has 1 aliphatic carbocycles.